The van der Waals surface area contributed by atoms with Crippen LogP contribution in [0.5, 0.6) is 5.75 Å². The lowest BCUT2D eigenvalue weighted by Gasteiger charge is -2.05. The highest BCUT2D eigenvalue weighted by molar-refractivity contribution is 7.16. The number of esters is 1. The predicted molar refractivity (Wildman–Crippen MR) is 99.5 cm³/mol. The number of hydrogen-bond donors (Lipinski definition) is 0. The molecule has 6 nitrogen and oxygen atoms in total. The van der Waals surface area contributed by atoms with Crippen LogP contribution in [0.4, 0.5) is 0 Å². The number of carbonyl (C=O) groups excluding carboxylic acids is 2. The molecule has 3 aromatic rings. The van der Waals surface area contributed by atoms with Crippen molar-refractivity contribution in [2.24, 2.45) is 4.99 Å². The number of methoxy groups -OCH3 is 2. The molecule has 1 aromatic heterocycles. The molecule has 0 bridgehead atoms. The zero-order valence-corrected chi connectivity index (χ0v) is 15.5. The summed E-state index contributed by atoms with van der Waals surface area (Å²) in [6.45, 7) is 1.97. The predicted octanol–water partition coefficient (Wildman–Crippen LogP) is 2.93. The van der Waals surface area contributed by atoms with Crippen LogP contribution in [0.15, 0.2) is 47.5 Å². The van der Waals surface area contributed by atoms with E-state index in [1.807, 2.05) is 25.1 Å². The fraction of sp³-hybridized carbons (Fsp3) is 0.211. The van der Waals surface area contributed by atoms with Crippen molar-refractivity contribution in [1.82, 2.24) is 4.57 Å². The summed E-state index contributed by atoms with van der Waals surface area (Å²) in [6.07, 6.45) is 0. The highest BCUT2D eigenvalue weighted by Gasteiger charge is 2.14. The Labute approximate surface area is 154 Å². The van der Waals surface area contributed by atoms with Gasteiger partial charge in [-0.1, -0.05) is 29.5 Å². The van der Waals surface area contributed by atoms with Gasteiger partial charge in [-0.15, -0.1) is 0 Å². The molecule has 0 unspecified atom stereocenters. The van der Waals surface area contributed by atoms with E-state index in [1.54, 1.807) is 28.8 Å². The van der Waals surface area contributed by atoms with E-state index in [4.69, 9.17) is 9.47 Å². The first-order valence-corrected chi connectivity index (χ1v) is 8.74. The Morgan fingerprint density at radius 1 is 1.15 bits per heavy atom. The lowest BCUT2D eigenvalue weighted by atomic mass is 10.2. The summed E-state index contributed by atoms with van der Waals surface area (Å²) in [5.41, 5.74) is 2.29. The smallest absolute Gasteiger partial charge is 0.325 e. The molecule has 3 rings (SSSR count). The van der Waals surface area contributed by atoms with Gasteiger partial charge in [-0.05, 0) is 36.8 Å². The largest absolute Gasteiger partial charge is 0.496 e. The number of benzene rings is 2. The van der Waals surface area contributed by atoms with Crippen LogP contribution >= 0.6 is 11.3 Å². The highest BCUT2D eigenvalue weighted by atomic mass is 32.1. The molecule has 0 atom stereocenters. The Morgan fingerprint density at radius 3 is 2.65 bits per heavy atom. The van der Waals surface area contributed by atoms with Gasteiger partial charge >= 0.3 is 5.97 Å². The average molecular weight is 370 g/mol. The van der Waals surface area contributed by atoms with Crippen molar-refractivity contribution in [3.05, 3.63) is 58.4 Å². The van der Waals surface area contributed by atoms with E-state index in [-0.39, 0.29) is 6.54 Å². The molecule has 1 heterocycles. The summed E-state index contributed by atoms with van der Waals surface area (Å²) in [7, 11) is 2.84. The second kappa shape index (κ2) is 7.53. The van der Waals surface area contributed by atoms with Crippen molar-refractivity contribution in [2.45, 2.75) is 13.5 Å². The fourth-order valence-electron chi connectivity index (χ4n) is 2.58. The van der Waals surface area contributed by atoms with Crippen LogP contribution in [0.2, 0.25) is 0 Å². The molecule has 134 valence electrons. The first kappa shape index (κ1) is 17.9. The Morgan fingerprint density at radius 2 is 1.92 bits per heavy atom. The number of rotatable bonds is 4. The molecule has 0 saturated heterocycles. The average Bonchev–Trinajstić information content (AvgIpc) is 2.97. The molecule has 0 fully saturated rings. The molecule has 0 radical (unpaired) electrons. The third kappa shape index (κ3) is 3.52. The molecule has 7 heteroatoms. The standard InChI is InChI=1S/C19H18N2O4S/c1-12-8-9-14-16(10-12)26-19(21(14)11-17(22)25-3)20-18(23)13-6-4-5-7-15(13)24-2/h4-10H,11H2,1-3H3. The third-order valence-electron chi connectivity index (χ3n) is 3.89. The van der Waals surface area contributed by atoms with Gasteiger partial charge in [-0.3, -0.25) is 9.59 Å². The quantitative estimate of drug-likeness (QED) is 0.662. The van der Waals surface area contributed by atoms with Crippen LogP contribution in [0.1, 0.15) is 15.9 Å². The molecule has 0 aliphatic rings. The van der Waals surface area contributed by atoms with Crippen LogP contribution in [0.3, 0.4) is 0 Å². The molecule has 2 aromatic carbocycles. The van der Waals surface area contributed by atoms with Crippen molar-refractivity contribution in [2.75, 3.05) is 14.2 Å². The van der Waals surface area contributed by atoms with Gasteiger partial charge in [0.1, 0.15) is 12.3 Å². The van der Waals surface area contributed by atoms with Crippen molar-refractivity contribution in [1.29, 1.82) is 0 Å². The number of amides is 1. The molecule has 26 heavy (non-hydrogen) atoms. The second-order valence-electron chi connectivity index (χ2n) is 5.64. The molecular weight excluding hydrogens is 352 g/mol. The van der Waals surface area contributed by atoms with Gasteiger partial charge in [0, 0.05) is 0 Å². The lowest BCUT2D eigenvalue weighted by molar-refractivity contribution is -0.141. The Hall–Kier alpha value is -2.93. The van der Waals surface area contributed by atoms with Crippen molar-refractivity contribution in [3.8, 4) is 5.75 Å². The van der Waals surface area contributed by atoms with E-state index in [1.165, 1.54) is 25.6 Å². The van der Waals surface area contributed by atoms with Crippen molar-refractivity contribution >= 4 is 33.4 Å². The van der Waals surface area contributed by atoms with Crippen LogP contribution in [-0.2, 0) is 16.1 Å². The van der Waals surface area contributed by atoms with Crippen LogP contribution in [0, 0.1) is 6.92 Å². The molecule has 1 amide bonds. The summed E-state index contributed by atoms with van der Waals surface area (Å²) >= 11 is 1.35. The SMILES string of the molecule is COC(=O)Cn1c(=NC(=O)c2ccccc2OC)sc2cc(C)ccc21. The Balaban J connectivity index is 2.16. The van der Waals surface area contributed by atoms with Crippen LogP contribution in [-0.4, -0.2) is 30.7 Å². The molecule has 0 N–H and O–H groups in total. The van der Waals surface area contributed by atoms with Gasteiger partial charge < -0.3 is 14.0 Å². The van der Waals surface area contributed by atoms with Gasteiger partial charge in [-0.2, -0.15) is 4.99 Å². The van der Waals surface area contributed by atoms with Crippen molar-refractivity contribution < 1.29 is 19.1 Å². The van der Waals surface area contributed by atoms with E-state index in [9.17, 15) is 9.59 Å². The van der Waals surface area contributed by atoms with E-state index in [0.29, 0.717) is 16.1 Å². The Bertz CT molecular complexity index is 1050. The van der Waals surface area contributed by atoms with Gasteiger partial charge in [0.2, 0.25) is 0 Å². The maximum atomic E-state index is 12.7. The van der Waals surface area contributed by atoms with Crippen molar-refractivity contribution in [3.63, 3.8) is 0 Å². The van der Waals surface area contributed by atoms with E-state index >= 15 is 0 Å². The monoisotopic (exact) mass is 370 g/mol. The third-order valence-corrected chi connectivity index (χ3v) is 4.93. The van der Waals surface area contributed by atoms with Gasteiger partial charge in [0.25, 0.3) is 5.91 Å². The number of aromatic nitrogens is 1. The number of carbonyl (C=O) groups is 2. The molecular formula is C19H18N2O4S. The minimum atomic E-state index is -0.427. The number of hydrogen-bond acceptors (Lipinski definition) is 5. The Kier molecular flexibility index (Phi) is 5.18. The van der Waals surface area contributed by atoms with Crippen LogP contribution < -0.4 is 9.54 Å². The lowest BCUT2D eigenvalue weighted by Crippen LogP contribution is -2.22. The van der Waals surface area contributed by atoms with Gasteiger partial charge in [0.15, 0.2) is 4.80 Å². The van der Waals surface area contributed by atoms with Gasteiger partial charge in [-0.25, -0.2) is 0 Å². The molecule has 0 aliphatic carbocycles. The van der Waals surface area contributed by atoms with E-state index in [0.717, 1.165) is 15.8 Å². The molecule has 0 spiro atoms. The zero-order chi connectivity index (χ0) is 18.7. The van der Waals surface area contributed by atoms with Crippen LogP contribution in [0.25, 0.3) is 10.2 Å². The summed E-state index contributed by atoms with van der Waals surface area (Å²) in [5, 5.41) is 0. The number of nitrogens with zero attached hydrogens (tertiary/aromatic N) is 2. The number of para-hydroxylation sites is 1. The topological polar surface area (TPSA) is 69.9 Å². The number of fused-ring (bicyclic) bond motifs is 1. The summed E-state index contributed by atoms with van der Waals surface area (Å²) < 4.78 is 12.6. The van der Waals surface area contributed by atoms with E-state index in [2.05, 4.69) is 4.99 Å². The van der Waals surface area contributed by atoms with E-state index < -0.39 is 11.9 Å². The minimum Gasteiger partial charge on any atom is -0.496 e. The zero-order valence-electron chi connectivity index (χ0n) is 14.7. The normalized spacial score (nSPS) is 11.6. The fourth-order valence-corrected chi connectivity index (χ4v) is 3.71. The minimum absolute atomic E-state index is 0.0163. The molecule has 0 aliphatic heterocycles. The highest BCUT2D eigenvalue weighted by Crippen LogP contribution is 2.21. The maximum absolute atomic E-state index is 12.7. The number of ether oxygens (including phenoxy) is 2. The second-order valence-corrected chi connectivity index (χ2v) is 6.64. The first-order chi connectivity index (χ1) is 12.5. The van der Waals surface area contributed by atoms with Gasteiger partial charge in [0.05, 0.1) is 30.0 Å². The summed E-state index contributed by atoms with van der Waals surface area (Å²) in [5.74, 6) is -0.376. The number of aryl methyl sites for hydroxylation is 1. The number of thiazole rings is 1. The maximum Gasteiger partial charge on any atom is 0.325 e. The summed E-state index contributed by atoms with van der Waals surface area (Å²) in [6, 6.07) is 12.8. The first-order valence-electron chi connectivity index (χ1n) is 7.92. The molecule has 0 saturated carbocycles. The summed E-state index contributed by atoms with van der Waals surface area (Å²) in [4.78, 5) is 29.2.